The smallest absolute Gasteiger partial charge is 0.311 e. The van der Waals surface area contributed by atoms with E-state index in [1.807, 2.05) is 13.2 Å². The summed E-state index contributed by atoms with van der Waals surface area (Å²) in [6.45, 7) is 0. The minimum atomic E-state index is -0.796. The molecule has 4 heteroatoms. The third kappa shape index (κ3) is 1.73. The number of carboxylic acid groups (broad SMARTS) is 1. The molecule has 20 heavy (non-hydrogen) atoms. The molecule has 4 nitrogen and oxygen atoms in total. The van der Waals surface area contributed by atoms with E-state index in [1.165, 1.54) is 44.2 Å². The Morgan fingerprint density at radius 2 is 1.85 bits per heavy atom. The number of aromatic nitrogens is 2. The van der Waals surface area contributed by atoms with Gasteiger partial charge in [0.1, 0.15) is 12.2 Å². The molecule has 0 radical (unpaired) electrons. The van der Waals surface area contributed by atoms with Crippen LogP contribution < -0.4 is 0 Å². The predicted octanol–water partition coefficient (Wildman–Crippen LogP) is 2.51. The van der Waals surface area contributed by atoms with Crippen LogP contribution in [0.15, 0.2) is 6.20 Å². The number of hydrogen-bond acceptors (Lipinski definition) is 2. The summed E-state index contributed by atoms with van der Waals surface area (Å²) in [7, 11) is 2.00. The van der Waals surface area contributed by atoms with Crippen molar-refractivity contribution in [3.63, 3.8) is 0 Å². The van der Waals surface area contributed by atoms with E-state index in [0.717, 1.165) is 17.8 Å². The monoisotopic (exact) mass is 274 g/mol. The Morgan fingerprint density at radius 1 is 1.30 bits per heavy atom. The minimum Gasteiger partial charge on any atom is -0.481 e. The molecule has 1 heterocycles. The molecule has 5 rings (SSSR count). The van der Waals surface area contributed by atoms with Gasteiger partial charge >= 0.3 is 5.97 Å². The predicted molar refractivity (Wildman–Crippen MR) is 74.4 cm³/mol. The third-order valence-electron chi connectivity index (χ3n) is 5.98. The van der Waals surface area contributed by atoms with Gasteiger partial charge in [0.25, 0.3) is 0 Å². The lowest BCUT2D eigenvalue weighted by molar-refractivity contribution is -0.136. The maximum atomic E-state index is 10.9. The highest BCUT2D eigenvalue weighted by atomic mass is 16.4. The van der Waals surface area contributed by atoms with Crippen LogP contribution in [0.25, 0.3) is 0 Å². The number of nitrogens with zero attached hydrogens (tertiary/aromatic N) is 2. The van der Waals surface area contributed by atoms with Crippen molar-refractivity contribution < 1.29 is 9.90 Å². The van der Waals surface area contributed by atoms with E-state index >= 15 is 0 Å². The fourth-order valence-corrected chi connectivity index (χ4v) is 5.66. The highest BCUT2D eigenvalue weighted by Gasteiger charge is 2.52. The normalized spacial score (nSPS) is 38.4. The zero-order valence-corrected chi connectivity index (χ0v) is 12.0. The van der Waals surface area contributed by atoms with Crippen LogP contribution in [-0.2, 0) is 23.7 Å². The molecule has 108 valence electrons. The Bertz CT molecular complexity index is 526. The fraction of sp³-hybridized carbons (Fsp3) is 0.750. The zero-order chi connectivity index (χ0) is 13.9. The molecule has 4 saturated carbocycles. The van der Waals surface area contributed by atoms with Crippen molar-refractivity contribution in [1.29, 1.82) is 0 Å². The lowest BCUT2D eigenvalue weighted by Gasteiger charge is -2.56. The van der Waals surface area contributed by atoms with E-state index in [2.05, 4.69) is 9.55 Å². The Balaban J connectivity index is 1.70. The van der Waals surface area contributed by atoms with Crippen LogP contribution in [0.5, 0.6) is 0 Å². The van der Waals surface area contributed by atoms with Crippen molar-refractivity contribution in [3.05, 3.63) is 17.7 Å². The van der Waals surface area contributed by atoms with Crippen molar-refractivity contribution in [2.75, 3.05) is 0 Å². The Labute approximate surface area is 119 Å². The maximum Gasteiger partial charge on any atom is 0.311 e. The van der Waals surface area contributed by atoms with E-state index in [9.17, 15) is 4.79 Å². The van der Waals surface area contributed by atoms with Crippen molar-refractivity contribution in [1.82, 2.24) is 9.55 Å². The van der Waals surface area contributed by atoms with Crippen molar-refractivity contribution in [2.24, 2.45) is 24.8 Å². The van der Waals surface area contributed by atoms with Crippen molar-refractivity contribution >= 4 is 5.97 Å². The molecule has 1 N–H and O–H groups in total. The number of rotatable bonds is 3. The molecule has 4 aliphatic carbocycles. The number of aliphatic carboxylic acids is 1. The first-order valence-corrected chi connectivity index (χ1v) is 7.78. The minimum absolute atomic E-state index is 0.0306. The van der Waals surface area contributed by atoms with Gasteiger partial charge in [-0.3, -0.25) is 4.79 Å². The Morgan fingerprint density at radius 3 is 2.35 bits per heavy atom. The molecular weight excluding hydrogens is 252 g/mol. The van der Waals surface area contributed by atoms with Crippen LogP contribution in [-0.4, -0.2) is 20.6 Å². The molecule has 0 saturated heterocycles. The van der Waals surface area contributed by atoms with Crippen LogP contribution in [0.2, 0.25) is 0 Å². The summed E-state index contributed by atoms with van der Waals surface area (Å²) in [5.74, 6) is 2.61. The second-order valence-corrected chi connectivity index (χ2v) is 7.39. The van der Waals surface area contributed by atoms with E-state index in [4.69, 9.17) is 5.11 Å². The molecule has 0 aromatic carbocycles. The van der Waals surface area contributed by atoms with Gasteiger partial charge in [-0.15, -0.1) is 0 Å². The fourth-order valence-electron chi connectivity index (χ4n) is 5.66. The van der Waals surface area contributed by atoms with Gasteiger partial charge in [0.05, 0.1) is 0 Å². The van der Waals surface area contributed by atoms with Gasteiger partial charge in [-0.2, -0.15) is 0 Å². The molecule has 0 unspecified atom stereocenters. The summed E-state index contributed by atoms with van der Waals surface area (Å²) >= 11 is 0. The number of carbonyl (C=O) groups is 1. The maximum absolute atomic E-state index is 10.9. The van der Waals surface area contributed by atoms with E-state index < -0.39 is 5.97 Å². The summed E-state index contributed by atoms with van der Waals surface area (Å²) < 4.78 is 2.07. The lowest BCUT2D eigenvalue weighted by atomic mass is 9.49. The SMILES string of the molecule is Cn1c(C23CC4CC(CC(C4)C2)C3)cnc1CC(=O)O. The molecule has 4 bridgehead atoms. The number of carboxylic acids is 1. The van der Waals surface area contributed by atoms with Gasteiger partial charge in [-0.1, -0.05) is 0 Å². The van der Waals surface area contributed by atoms with Crippen LogP contribution in [0.3, 0.4) is 0 Å². The highest BCUT2D eigenvalue weighted by molar-refractivity contribution is 5.69. The first-order chi connectivity index (χ1) is 9.56. The summed E-state index contributed by atoms with van der Waals surface area (Å²) in [4.78, 5) is 15.3. The first kappa shape index (κ1) is 12.4. The van der Waals surface area contributed by atoms with Gasteiger partial charge in [0.15, 0.2) is 0 Å². The zero-order valence-electron chi connectivity index (χ0n) is 12.0. The summed E-state index contributed by atoms with van der Waals surface area (Å²) in [5, 5.41) is 8.98. The van der Waals surface area contributed by atoms with E-state index in [0.29, 0.717) is 11.2 Å². The Kier molecular flexibility index (Phi) is 2.54. The second kappa shape index (κ2) is 4.09. The lowest BCUT2D eigenvalue weighted by Crippen LogP contribution is -2.49. The Hall–Kier alpha value is -1.32. The van der Waals surface area contributed by atoms with E-state index in [-0.39, 0.29) is 6.42 Å². The summed E-state index contributed by atoms with van der Waals surface area (Å²) in [6.07, 6.45) is 10.2. The van der Waals surface area contributed by atoms with Crippen molar-refractivity contribution in [2.45, 2.75) is 50.4 Å². The molecule has 0 atom stereocenters. The second-order valence-electron chi connectivity index (χ2n) is 7.39. The van der Waals surface area contributed by atoms with Crippen molar-refractivity contribution in [3.8, 4) is 0 Å². The summed E-state index contributed by atoms with van der Waals surface area (Å²) in [6, 6.07) is 0. The van der Waals surface area contributed by atoms with Gasteiger partial charge in [-0.05, 0) is 56.3 Å². The molecule has 4 fully saturated rings. The van der Waals surface area contributed by atoms with E-state index in [1.54, 1.807) is 0 Å². The van der Waals surface area contributed by atoms with Gasteiger partial charge in [0.2, 0.25) is 0 Å². The molecule has 0 amide bonds. The highest BCUT2D eigenvalue weighted by Crippen LogP contribution is 2.60. The van der Waals surface area contributed by atoms with Gasteiger partial charge in [0, 0.05) is 24.4 Å². The first-order valence-electron chi connectivity index (χ1n) is 7.78. The van der Waals surface area contributed by atoms with Crippen LogP contribution >= 0.6 is 0 Å². The largest absolute Gasteiger partial charge is 0.481 e. The van der Waals surface area contributed by atoms with Crippen LogP contribution in [0.1, 0.15) is 50.0 Å². The van der Waals surface area contributed by atoms with Gasteiger partial charge in [-0.25, -0.2) is 4.98 Å². The molecule has 4 aliphatic rings. The molecule has 0 spiro atoms. The van der Waals surface area contributed by atoms with Crippen LogP contribution in [0, 0.1) is 17.8 Å². The molecular formula is C16H22N2O2. The average Bonchev–Trinajstić information content (AvgIpc) is 2.69. The van der Waals surface area contributed by atoms with Gasteiger partial charge < -0.3 is 9.67 Å². The molecule has 1 aromatic heterocycles. The standard InChI is InChI=1S/C16H22N2O2/c1-18-13(9-17-14(18)5-15(19)20)16-6-10-2-11(7-16)4-12(3-10)8-16/h9-12H,2-8H2,1H3,(H,19,20). The topological polar surface area (TPSA) is 55.1 Å². The molecule has 1 aromatic rings. The average molecular weight is 274 g/mol. The van der Waals surface area contributed by atoms with Crippen LogP contribution in [0.4, 0.5) is 0 Å². The quantitative estimate of drug-likeness (QED) is 0.921. The number of hydrogen-bond donors (Lipinski definition) is 1. The summed E-state index contributed by atoms with van der Waals surface area (Å²) in [5.41, 5.74) is 1.60. The third-order valence-corrected chi connectivity index (χ3v) is 5.98. The molecule has 0 aliphatic heterocycles. The number of imidazole rings is 1.